The summed E-state index contributed by atoms with van der Waals surface area (Å²) in [5.74, 6) is 0.104. The van der Waals surface area contributed by atoms with Crippen LogP contribution in [0.15, 0.2) is 12.4 Å². The summed E-state index contributed by atoms with van der Waals surface area (Å²) in [5, 5.41) is 2.79. The van der Waals surface area contributed by atoms with Crippen molar-refractivity contribution in [1.82, 2.24) is 10.2 Å². The number of carbonyl (C=O) groups is 1. The van der Waals surface area contributed by atoms with E-state index in [1.165, 1.54) is 0 Å². The van der Waals surface area contributed by atoms with E-state index in [-0.39, 0.29) is 5.91 Å². The molecule has 3 nitrogen and oxygen atoms in total. The fraction of sp³-hybridized carbons (Fsp3) is 0.400. The van der Waals surface area contributed by atoms with Crippen LogP contribution in [-0.4, -0.2) is 24.4 Å². The maximum Gasteiger partial charge on any atom is 0.245 e. The van der Waals surface area contributed by atoms with E-state index < -0.39 is 0 Å². The van der Waals surface area contributed by atoms with Crippen LogP contribution in [0.1, 0.15) is 0 Å². The lowest BCUT2D eigenvalue weighted by Gasteiger charge is -2.15. The molecule has 1 aliphatic heterocycles. The molecule has 0 atom stereocenters. The van der Waals surface area contributed by atoms with Gasteiger partial charge in [-0.3, -0.25) is 4.79 Å². The third-order valence-electron chi connectivity index (χ3n) is 1.06. The van der Waals surface area contributed by atoms with Crippen molar-refractivity contribution in [2.45, 2.75) is 0 Å². The second-order valence-electron chi connectivity index (χ2n) is 1.70. The first-order chi connectivity index (χ1) is 3.80. The van der Waals surface area contributed by atoms with Gasteiger partial charge in [0.2, 0.25) is 5.91 Å². The minimum atomic E-state index is 0.104. The van der Waals surface area contributed by atoms with Crippen molar-refractivity contribution >= 4 is 5.91 Å². The molecule has 0 saturated heterocycles. The summed E-state index contributed by atoms with van der Waals surface area (Å²) >= 11 is 0. The number of hydrogen-bond donors (Lipinski definition) is 1. The molecule has 1 rings (SSSR count). The summed E-state index contributed by atoms with van der Waals surface area (Å²) in [7, 11) is 1.74. The zero-order chi connectivity index (χ0) is 5.98. The minimum absolute atomic E-state index is 0.104. The van der Waals surface area contributed by atoms with Gasteiger partial charge in [-0.1, -0.05) is 0 Å². The van der Waals surface area contributed by atoms with Gasteiger partial charge in [-0.25, -0.2) is 0 Å². The highest BCUT2D eigenvalue weighted by Gasteiger charge is 2.06. The van der Waals surface area contributed by atoms with E-state index in [0.29, 0.717) is 6.54 Å². The van der Waals surface area contributed by atoms with Crippen LogP contribution in [0.25, 0.3) is 0 Å². The Bertz CT molecular complexity index is 130. The topological polar surface area (TPSA) is 32.3 Å². The standard InChI is InChI=1S/C5H8N2O/c1-7-3-2-6-4-5(7)8/h2-3,6H,4H2,1H3. The van der Waals surface area contributed by atoms with Crippen molar-refractivity contribution in [1.29, 1.82) is 0 Å². The molecule has 0 radical (unpaired) electrons. The molecule has 44 valence electrons. The number of hydrogen-bond acceptors (Lipinski definition) is 2. The molecular formula is C5H8N2O. The zero-order valence-corrected chi connectivity index (χ0v) is 4.72. The van der Waals surface area contributed by atoms with Gasteiger partial charge in [0.05, 0.1) is 6.54 Å². The Balaban J connectivity index is 2.60. The van der Waals surface area contributed by atoms with Gasteiger partial charge in [0.15, 0.2) is 0 Å². The van der Waals surface area contributed by atoms with Crippen LogP contribution in [0.2, 0.25) is 0 Å². The smallest absolute Gasteiger partial charge is 0.245 e. The summed E-state index contributed by atoms with van der Waals surface area (Å²) in [6.45, 7) is 0.424. The van der Waals surface area contributed by atoms with E-state index in [2.05, 4.69) is 5.32 Å². The third kappa shape index (κ3) is 0.804. The van der Waals surface area contributed by atoms with Crippen LogP contribution in [0.3, 0.4) is 0 Å². The van der Waals surface area contributed by atoms with E-state index in [1.54, 1.807) is 24.3 Å². The molecule has 0 aromatic heterocycles. The Morgan fingerprint density at radius 3 is 3.00 bits per heavy atom. The van der Waals surface area contributed by atoms with Gasteiger partial charge in [-0.15, -0.1) is 0 Å². The van der Waals surface area contributed by atoms with Gasteiger partial charge in [0.1, 0.15) is 0 Å². The normalized spacial score (nSPS) is 18.6. The van der Waals surface area contributed by atoms with Crippen molar-refractivity contribution in [2.24, 2.45) is 0 Å². The lowest BCUT2D eigenvalue weighted by Crippen LogP contribution is -2.34. The van der Waals surface area contributed by atoms with Crippen molar-refractivity contribution < 1.29 is 4.79 Å². The Morgan fingerprint density at radius 2 is 2.62 bits per heavy atom. The van der Waals surface area contributed by atoms with Gasteiger partial charge >= 0.3 is 0 Å². The average Bonchev–Trinajstić information content (AvgIpc) is 1.77. The first-order valence-corrected chi connectivity index (χ1v) is 2.46. The van der Waals surface area contributed by atoms with Crippen LogP contribution in [0, 0.1) is 0 Å². The monoisotopic (exact) mass is 112 g/mol. The molecule has 0 spiro atoms. The highest BCUT2D eigenvalue weighted by atomic mass is 16.2. The molecule has 0 bridgehead atoms. The number of rotatable bonds is 0. The van der Waals surface area contributed by atoms with Gasteiger partial charge in [0, 0.05) is 19.4 Å². The second kappa shape index (κ2) is 1.86. The first-order valence-electron chi connectivity index (χ1n) is 2.46. The molecule has 3 heteroatoms. The van der Waals surface area contributed by atoms with Crippen molar-refractivity contribution in [3.05, 3.63) is 12.4 Å². The largest absolute Gasteiger partial charge is 0.381 e. The fourth-order valence-corrected chi connectivity index (χ4v) is 0.519. The van der Waals surface area contributed by atoms with E-state index in [0.717, 1.165) is 0 Å². The Labute approximate surface area is 48.0 Å². The third-order valence-corrected chi connectivity index (χ3v) is 1.06. The SMILES string of the molecule is CN1C=CNCC1=O. The number of likely N-dealkylation sites (N-methyl/N-ethyl adjacent to an activating group) is 1. The van der Waals surface area contributed by atoms with Gasteiger partial charge < -0.3 is 10.2 Å². The second-order valence-corrected chi connectivity index (χ2v) is 1.70. The molecule has 1 N–H and O–H groups in total. The van der Waals surface area contributed by atoms with Crippen LogP contribution >= 0.6 is 0 Å². The summed E-state index contributed by atoms with van der Waals surface area (Å²) in [6.07, 6.45) is 3.45. The summed E-state index contributed by atoms with van der Waals surface area (Å²) < 4.78 is 0. The molecule has 0 aromatic carbocycles. The minimum Gasteiger partial charge on any atom is -0.381 e. The average molecular weight is 112 g/mol. The Hall–Kier alpha value is -0.990. The molecule has 0 aromatic rings. The zero-order valence-electron chi connectivity index (χ0n) is 4.72. The number of nitrogens with zero attached hydrogens (tertiary/aromatic N) is 1. The molecular weight excluding hydrogens is 104 g/mol. The van der Waals surface area contributed by atoms with Gasteiger partial charge in [-0.2, -0.15) is 0 Å². The molecule has 0 fully saturated rings. The van der Waals surface area contributed by atoms with Crippen molar-refractivity contribution in [3.63, 3.8) is 0 Å². The van der Waals surface area contributed by atoms with Crippen LogP contribution in [0.5, 0.6) is 0 Å². The molecule has 1 aliphatic rings. The Morgan fingerprint density at radius 1 is 1.88 bits per heavy atom. The number of carbonyl (C=O) groups excluding carboxylic acids is 1. The van der Waals surface area contributed by atoms with Gasteiger partial charge in [0.25, 0.3) is 0 Å². The van der Waals surface area contributed by atoms with Crippen molar-refractivity contribution in [2.75, 3.05) is 13.6 Å². The Kier molecular flexibility index (Phi) is 1.20. The summed E-state index contributed by atoms with van der Waals surface area (Å²) in [5.41, 5.74) is 0. The predicted octanol–water partition coefficient (Wildman–Crippen LogP) is -0.481. The number of nitrogens with one attached hydrogen (secondary N) is 1. The highest BCUT2D eigenvalue weighted by Crippen LogP contribution is 1.88. The molecule has 0 aliphatic carbocycles. The van der Waals surface area contributed by atoms with E-state index in [9.17, 15) is 4.79 Å². The maximum absolute atomic E-state index is 10.6. The predicted molar refractivity (Wildman–Crippen MR) is 29.9 cm³/mol. The van der Waals surface area contributed by atoms with Crippen LogP contribution in [0.4, 0.5) is 0 Å². The van der Waals surface area contributed by atoms with E-state index >= 15 is 0 Å². The lowest BCUT2D eigenvalue weighted by atomic mass is 10.5. The van der Waals surface area contributed by atoms with Crippen molar-refractivity contribution in [3.8, 4) is 0 Å². The molecule has 0 unspecified atom stereocenters. The van der Waals surface area contributed by atoms with Gasteiger partial charge in [-0.05, 0) is 0 Å². The summed E-state index contributed by atoms with van der Waals surface area (Å²) in [4.78, 5) is 12.2. The summed E-state index contributed by atoms with van der Waals surface area (Å²) in [6, 6.07) is 0. The van der Waals surface area contributed by atoms with E-state index in [1.807, 2.05) is 0 Å². The fourth-order valence-electron chi connectivity index (χ4n) is 0.519. The highest BCUT2D eigenvalue weighted by molar-refractivity contribution is 5.79. The molecule has 1 amide bonds. The number of amides is 1. The lowest BCUT2D eigenvalue weighted by molar-refractivity contribution is -0.126. The first kappa shape index (κ1) is 5.15. The molecule has 0 saturated carbocycles. The van der Waals surface area contributed by atoms with Crippen LogP contribution in [-0.2, 0) is 4.79 Å². The van der Waals surface area contributed by atoms with Crippen LogP contribution < -0.4 is 5.32 Å². The molecule has 1 heterocycles. The van der Waals surface area contributed by atoms with E-state index in [4.69, 9.17) is 0 Å². The maximum atomic E-state index is 10.6. The molecule has 8 heavy (non-hydrogen) atoms. The quantitative estimate of drug-likeness (QED) is 0.459.